The Bertz CT molecular complexity index is 973. The number of fused-ring (bicyclic) bond motifs is 2. The summed E-state index contributed by atoms with van der Waals surface area (Å²) in [6.07, 6.45) is 3.35. The fourth-order valence-corrected chi connectivity index (χ4v) is 3.18. The summed E-state index contributed by atoms with van der Waals surface area (Å²) in [6.45, 7) is 0. The van der Waals surface area contributed by atoms with Gasteiger partial charge in [-0.05, 0) is 60.0 Å². The number of nitrogens with one attached hydrogen (secondary N) is 2. The zero-order valence-corrected chi connectivity index (χ0v) is 12.6. The molecule has 2 N–H and O–H groups in total. The zero-order valence-electron chi connectivity index (χ0n) is 12.6. The summed E-state index contributed by atoms with van der Waals surface area (Å²) < 4.78 is 0. The van der Waals surface area contributed by atoms with Crippen LogP contribution in [0.1, 0.15) is 28.0 Å². The van der Waals surface area contributed by atoms with Crippen molar-refractivity contribution >= 4 is 22.4 Å². The third-order valence-electron chi connectivity index (χ3n) is 4.35. The van der Waals surface area contributed by atoms with E-state index in [1.165, 1.54) is 17.5 Å². The van der Waals surface area contributed by atoms with Crippen molar-refractivity contribution in [3.05, 3.63) is 75.7 Å². The number of benzene rings is 2. The molecule has 0 aliphatic heterocycles. The molecular formula is C19H16N2O2. The molecule has 0 saturated heterocycles. The van der Waals surface area contributed by atoms with E-state index in [1.807, 2.05) is 30.3 Å². The van der Waals surface area contributed by atoms with Crippen LogP contribution in [-0.4, -0.2) is 10.9 Å². The number of aryl methyl sites for hydroxylation is 2. The van der Waals surface area contributed by atoms with Crippen LogP contribution in [0.2, 0.25) is 0 Å². The first-order valence-electron chi connectivity index (χ1n) is 7.76. The lowest BCUT2D eigenvalue weighted by molar-refractivity contribution is 0.102. The number of rotatable bonds is 2. The quantitative estimate of drug-likeness (QED) is 0.763. The van der Waals surface area contributed by atoms with Gasteiger partial charge in [0.1, 0.15) is 5.69 Å². The normalized spacial score (nSPS) is 13.0. The van der Waals surface area contributed by atoms with E-state index in [1.54, 1.807) is 12.1 Å². The van der Waals surface area contributed by atoms with Crippen LogP contribution < -0.4 is 10.9 Å². The number of pyridine rings is 1. The lowest BCUT2D eigenvalue weighted by Crippen LogP contribution is -2.19. The van der Waals surface area contributed by atoms with E-state index in [9.17, 15) is 9.59 Å². The van der Waals surface area contributed by atoms with Crippen molar-refractivity contribution in [2.75, 3.05) is 5.32 Å². The molecule has 0 atom stereocenters. The molecule has 0 spiro atoms. The van der Waals surface area contributed by atoms with Crippen molar-refractivity contribution in [2.45, 2.75) is 19.3 Å². The maximum Gasteiger partial charge on any atom is 0.272 e. The second kappa shape index (κ2) is 5.39. The summed E-state index contributed by atoms with van der Waals surface area (Å²) in [5.41, 5.74) is 3.46. The molecule has 3 aromatic rings. The van der Waals surface area contributed by atoms with Crippen molar-refractivity contribution in [3.63, 3.8) is 0 Å². The van der Waals surface area contributed by atoms with E-state index in [0.717, 1.165) is 23.9 Å². The molecule has 2 aromatic carbocycles. The molecule has 0 saturated carbocycles. The Morgan fingerprint density at radius 2 is 1.83 bits per heavy atom. The Morgan fingerprint density at radius 1 is 1.00 bits per heavy atom. The number of aromatic nitrogens is 1. The second-order valence-electron chi connectivity index (χ2n) is 5.89. The topological polar surface area (TPSA) is 62.0 Å². The average molecular weight is 304 g/mol. The predicted molar refractivity (Wildman–Crippen MR) is 91.0 cm³/mol. The van der Waals surface area contributed by atoms with Crippen LogP contribution >= 0.6 is 0 Å². The number of carbonyl (C=O) groups excluding carboxylic acids is 1. The van der Waals surface area contributed by atoms with Crippen LogP contribution in [0, 0.1) is 0 Å². The number of hydrogen-bond donors (Lipinski definition) is 2. The monoisotopic (exact) mass is 304 g/mol. The highest BCUT2D eigenvalue weighted by molar-refractivity contribution is 6.04. The molecule has 1 aromatic heterocycles. The van der Waals surface area contributed by atoms with Crippen LogP contribution in [-0.2, 0) is 12.8 Å². The van der Waals surface area contributed by atoms with Gasteiger partial charge in [0, 0.05) is 11.1 Å². The van der Waals surface area contributed by atoms with E-state index in [4.69, 9.17) is 0 Å². The van der Waals surface area contributed by atoms with Gasteiger partial charge in [0.15, 0.2) is 0 Å². The minimum absolute atomic E-state index is 0.248. The lowest BCUT2D eigenvalue weighted by Gasteiger charge is -2.08. The van der Waals surface area contributed by atoms with Crippen molar-refractivity contribution < 1.29 is 4.79 Å². The number of anilines is 1. The van der Waals surface area contributed by atoms with Crippen LogP contribution in [0.4, 0.5) is 5.69 Å². The van der Waals surface area contributed by atoms with Gasteiger partial charge in [0.05, 0.1) is 0 Å². The number of hydrogen-bond acceptors (Lipinski definition) is 2. The molecule has 1 aliphatic rings. The first kappa shape index (κ1) is 13.8. The summed E-state index contributed by atoms with van der Waals surface area (Å²) in [6, 6.07) is 15.0. The Kier molecular flexibility index (Phi) is 3.23. The molecule has 0 bridgehead atoms. The highest BCUT2D eigenvalue weighted by atomic mass is 16.2. The summed E-state index contributed by atoms with van der Waals surface area (Å²) in [4.78, 5) is 27.2. The largest absolute Gasteiger partial charge is 0.321 e. The van der Waals surface area contributed by atoms with Crippen LogP contribution in [0.5, 0.6) is 0 Å². The third-order valence-corrected chi connectivity index (χ3v) is 4.35. The van der Waals surface area contributed by atoms with Gasteiger partial charge in [0.2, 0.25) is 0 Å². The maximum absolute atomic E-state index is 12.4. The number of H-pyrrole nitrogens is 1. The van der Waals surface area contributed by atoms with Crippen molar-refractivity contribution in [1.82, 2.24) is 4.98 Å². The van der Waals surface area contributed by atoms with E-state index < -0.39 is 0 Å². The predicted octanol–water partition coefficient (Wildman–Crippen LogP) is 3.27. The van der Waals surface area contributed by atoms with E-state index in [2.05, 4.69) is 16.4 Å². The van der Waals surface area contributed by atoms with Crippen LogP contribution in [0.3, 0.4) is 0 Å². The number of carbonyl (C=O) groups is 1. The van der Waals surface area contributed by atoms with Crippen LogP contribution in [0.15, 0.2) is 53.3 Å². The van der Waals surface area contributed by atoms with E-state index >= 15 is 0 Å². The van der Waals surface area contributed by atoms with Gasteiger partial charge >= 0.3 is 0 Å². The Hall–Kier alpha value is -2.88. The van der Waals surface area contributed by atoms with E-state index in [-0.39, 0.29) is 17.2 Å². The molecule has 0 radical (unpaired) electrons. The summed E-state index contributed by atoms with van der Waals surface area (Å²) in [5.74, 6) is -0.300. The van der Waals surface area contributed by atoms with Gasteiger partial charge in [-0.2, -0.15) is 0 Å². The second-order valence-corrected chi connectivity index (χ2v) is 5.89. The first-order chi connectivity index (χ1) is 11.2. The SMILES string of the molecule is O=C(Nc1ccc2c(c1)CCC2)c1cc2ccccc2c(=O)[nH]1. The van der Waals surface area contributed by atoms with Gasteiger partial charge in [-0.25, -0.2) is 0 Å². The average Bonchev–Trinajstić information content (AvgIpc) is 3.02. The molecule has 4 nitrogen and oxygen atoms in total. The molecule has 0 unspecified atom stereocenters. The van der Waals surface area contributed by atoms with Crippen molar-refractivity contribution in [2.24, 2.45) is 0 Å². The van der Waals surface area contributed by atoms with Gasteiger partial charge in [-0.1, -0.05) is 24.3 Å². The standard InChI is InChI=1S/C19H16N2O2/c22-18-16-7-2-1-4-14(16)11-17(21-18)19(23)20-15-9-8-12-5-3-6-13(12)10-15/h1-2,4,7-11H,3,5-6H2,(H,20,23)(H,21,22). The Morgan fingerprint density at radius 3 is 2.74 bits per heavy atom. The Labute approximate surface area is 133 Å². The van der Waals surface area contributed by atoms with Crippen molar-refractivity contribution in [1.29, 1.82) is 0 Å². The molecular weight excluding hydrogens is 288 g/mol. The molecule has 23 heavy (non-hydrogen) atoms. The molecule has 4 heteroatoms. The van der Waals surface area contributed by atoms with Gasteiger partial charge in [0.25, 0.3) is 11.5 Å². The van der Waals surface area contributed by atoms with Gasteiger partial charge in [-0.15, -0.1) is 0 Å². The Balaban J connectivity index is 1.65. The minimum Gasteiger partial charge on any atom is -0.321 e. The fourth-order valence-electron chi connectivity index (χ4n) is 3.18. The van der Waals surface area contributed by atoms with Crippen molar-refractivity contribution in [3.8, 4) is 0 Å². The number of aromatic amines is 1. The summed E-state index contributed by atoms with van der Waals surface area (Å²) in [7, 11) is 0. The molecule has 4 rings (SSSR count). The number of amides is 1. The van der Waals surface area contributed by atoms with Gasteiger partial charge in [-0.3, -0.25) is 9.59 Å². The lowest BCUT2D eigenvalue weighted by atomic mass is 10.1. The third kappa shape index (κ3) is 2.52. The maximum atomic E-state index is 12.4. The molecule has 114 valence electrons. The molecule has 0 fully saturated rings. The molecule has 1 aliphatic carbocycles. The van der Waals surface area contributed by atoms with Gasteiger partial charge < -0.3 is 10.3 Å². The molecule has 1 heterocycles. The summed E-state index contributed by atoms with van der Waals surface area (Å²) >= 11 is 0. The zero-order chi connectivity index (χ0) is 15.8. The smallest absolute Gasteiger partial charge is 0.272 e. The first-order valence-corrected chi connectivity index (χ1v) is 7.76. The fraction of sp³-hybridized carbons (Fsp3) is 0.158. The summed E-state index contributed by atoms with van der Waals surface area (Å²) in [5, 5.41) is 4.22. The highest BCUT2D eigenvalue weighted by Crippen LogP contribution is 2.25. The highest BCUT2D eigenvalue weighted by Gasteiger charge is 2.13. The van der Waals surface area contributed by atoms with Crippen LogP contribution in [0.25, 0.3) is 10.8 Å². The van der Waals surface area contributed by atoms with E-state index in [0.29, 0.717) is 5.39 Å². The molecule has 1 amide bonds. The minimum atomic E-state index is -0.300.